The number of aromatic nitrogens is 3. The number of carbonyl (C=O) groups excluding carboxylic acids is 2. The molecule has 1 aliphatic rings. The molecule has 1 saturated heterocycles. The van der Waals surface area contributed by atoms with E-state index in [1.807, 2.05) is 12.1 Å². The van der Waals surface area contributed by atoms with Crippen molar-refractivity contribution in [3.05, 3.63) is 75.1 Å². The van der Waals surface area contributed by atoms with Crippen LogP contribution in [-0.2, 0) is 17.9 Å². The van der Waals surface area contributed by atoms with E-state index < -0.39 is 0 Å². The maximum absolute atomic E-state index is 12.1. The van der Waals surface area contributed by atoms with E-state index in [1.165, 1.54) is 13.1 Å². The highest BCUT2D eigenvalue weighted by molar-refractivity contribution is 9.10. The number of hydrogen-bond donors (Lipinski definition) is 2. The van der Waals surface area contributed by atoms with Crippen molar-refractivity contribution < 1.29 is 19.4 Å². The molecule has 2 N–H and O–H groups in total. The Morgan fingerprint density at radius 3 is 2.67 bits per heavy atom. The first kappa shape index (κ1) is 22.7. The molecule has 0 atom stereocenters. The molecule has 0 radical (unpaired) electrons. The summed E-state index contributed by atoms with van der Waals surface area (Å²) in [7, 11) is 1.43. The summed E-state index contributed by atoms with van der Waals surface area (Å²) in [4.78, 5) is 37.8. The van der Waals surface area contributed by atoms with Crippen molar-refractivity contribution in [2.75, 3.05) is 12.4 Å². The van der Waals surface area contributed by atoms with Crippen molar-refractivity contribution in [1.29, 1.82) is 0 Å². The van der Waals surface area contributed by atoms with Crippen LogP contribution in [0.15, 0.2) is 58.4 Å². The van der Waals surface area contributed by atoms with Gasteiger partial charge in [-0.2, -0.15) is 0 Å². The lowest BCUT2D eigenvalue weighted by atomic mass is 10.2. The fourth-order valence-electron chi connectivity index (χ4n) is 2.84. The largest absolute Gasteiger partial charge is 0.504 e. The molecule has 1 fully saturated rings. The lowest BCUT2D eigenvalue weighted by molar-refractivity contribution is -0.121. The van der Waals surface area contributed by atoms with Crippen LogP contribution in [-0.4, -0.2) is 43.2 Å². The van der Waals surface area contributed by atoms with Gasteiger partial charge in [0.15, 0.2) is 11.5 Å². The van der Waals surface area contributed by atoms with Gasteiger partial charge in [-0.05, 0) is 47.2 Å². The van der Waals surface area contributed by atoms with Crippen LogP contribution >= 0.6 is 27.7 Å². The molecule has 0 bridgehead atoms. The maximum atomic E-state index is 12.1. The Kier molecular flexibility index (Phi) is 6.90. The van der Waals surface area contributed by atoms with Gasteiger partial charge in [0.2, 0.25) is 5.95 Å². The number of carbonyl (C=O) groups is 2. The lowest BCUT2D eigenvalue weighted by Gasteiger charge is -2.11. The van der Waals surface area contributed by atoms with Gasteiger partial charge in [-0.3, -0.25) is 19.5 Å². The van der Waals surface area contributed by atoms with Gasteiger partial charge >= 0.3 is 0 Å². The minimum Gasteiger partial charge on any atom is -0.504 e. The second-order valence-electron chi connectivity index (χ2n) is 7.00. The molecule has 3 aromatic rings. The molecular formula is C22H18BrN5O4S. The van der Waals surface area contributed by atoms with Gasteiger partial charge < -0.3 is 15.2 Å². The van der Waals surface area contributed by atoms with E-state index in [1.54, 1.807) is 36.9 Å². The molecule has 1 aliphatic heterocycles. The van der Waals surface area contributed by atoms with E-state index in [0.717, 1.165) is 22.2 Å². The van der Waals surface area contributed by atoms with Crippen LogP contribution < -0.4 is 10.1 Å². The molecule has 0 spiro atoms. The molecule has 11 heteroatoms. The Morgan fingerprint density at radius 2 is 2.00 bits per heavy atom. The van der Waals surface area contributed by atoms with Crippen LogP contribution in [0.25, 0.3) is 6.08 Å². The van der Waals surface area contributed by atoms with Crippen molar-refractivity contribution >= 4 is 50.9 Å². The average Bonchev–Trinajstić information content (AvgIpc) is 3.06. The van der Waals surface area contributed by atoms with Gasteiger partial charge in [0.05, 0.1) is 4.91 Å². The zero-order valence-corrected chi connectivity index (χ0v) is 19.8. The number of halogens is 1. The van der Waals surface area contributed by atoms with Crippen molar-refractivity contribution in [3.63, 3.8) is 0 Å². The fourth-order valence-corrected chi connectivity index (χ4v) is 4.10. The van der Waals surface area contributed by atoms with Crippen LogP contribution in [0.5, 0.6) is 11.5 Å². The molecule has 9 nitrogen and oxygen atoms in total. The third kappa shape index (κ3) is 5.49. The number of amides is 2. The SMILES string of the molecule is CN1C(=O)S/C(=C\c2cc(OCc3cnc(NCc4cccnc4)nc3)c(O)cc2Br)C1=O. The van der Waals surface area contributed by atoms with E-state index in [-0.39, 0.29) is 29.3 Å². The maximum Gasteiger partial charge on any atom is 0.293 e. The summed E-state index contributed by atoms with van der Waals surface area (Å²) < 4.78 is 6.30. The highest BCUT2D eigenvalue weighted by atomic mass is 79.9. The number of ether oxygens (including phenoxy) is 1. The Hall–Kier alpha value is -3.44. The van der Waals surface area contributed by atoms with Gasteiger partial charge in [0.25, 0.3) is 11.1 Å². The third-order valence-corrected chi connectivity index (χ3v) is 6.27. The van der Waals surface area contributed by atoms with Crippen molar-refractivity contribution in [2.45, 2.75) is 13.2 Å². The second kappa shape index (κ2) is 10.0. The molecule has 0 aliphatic carbocycles. The summed E-state index contributed by atoms with van der Waals surface area (Å²) in [5, 5.41) is 13.0. The summed E-state index contributed by atoms with van der Waals surface area (Å²) >= 11 is 4.22. The van der Waals surface area contributed by atoms with E-state index in [9.17, 15) is 14.7 Å². The number of phenolic OH excluding ortho intramolecular Hbond substituents is 1. The summed E-state index contributed by atoms with van der Waals surface area (Å²) in [6.45, 7) is 0.680. The Labute approximate surface area is 202 Å². The number of rotatable bonds is 7. The second-order valence-corrected chi connectivity index (χ2v) is 8.85. The number of benzene rings is 1. The van der Waals surface area contributed by atoms with E-state index in [0.29, 0.717) is 33.0 Å². The van der Waals surface area contributed by atoms with Gasteiger partial charge in [-0.15, -0.1) is 0 Å². The average molecular weight is 528 g/mol. The fraction of sp³-hybridized carbons (Fsp3) is 0.136. The number of phenols is 1. The smallest absolute Gasteiger partial charge is 0.293 e. The summed E-state index contributed by atoms with van der Waals surface area (Å²) in [6.07, 6.45) is 8.32. The molecule has 2 aromatic heterocycles. The number of imide groups is 1. The normalized spacial score (nSPS) is 14.7. The first-order valence-electron chi connectivity index (χ1n) is 9.71. The zero-order valence-electron chi connectivity index (χ0n) is 17.4. The van der Waals surface area contributed by atoms with Crippen molar-refractivity contribution in [3.8, 4) is 11.5 Å². The topological polar surface area (TPSA) is 118 Å². The van der Waals surface area contributed by atoms with Crippen LogP contribution in [0.2, 0.25) is 0 Å². The Morgan fingerprint density at radius 1 is 1.21 bits per heavy atom. The highest BCUT2D eigenvalue weighted by Gasteiger charge is 2.32. The van der Waals surface area contributed by atoms with Crippen LogP contribution in [0.1, 0.15) is 16.7 Å². The molecule has 168 valence electrons. The van der Waals surface area contributed by atoms with Gasteiger partial charge in [0, 0.05) is 48.4 Å². The number of nitrogens with zero attached hydrogens (tertiary/aromatic N) is 4. The molecule has 3 heterocycles. The van der Waals surface area contributed by atoms with Crippen LogP contribution in [0, 0.1) is 0 Å². The lowest BCUT2D eigenvalue weighted by Crippen LogP contribution is -2.22. The monoisotopic (exact) mass is 527 g/mol. The number of thioether (sulfide) groups is 1. The van der Waals surface area contributed by atoms with Gasteiger partial charge in [0.1, 0.15) is 6.61 Å². The number of likely N-dealkylation sites (N-methyl/N-ethyl adjacent to an activating group) is 1. The van der Waals surface area contributed by atoms with Gasteiger partial charge in [-0.25, -0.2) is 9.97 Å². The number of hydrogen-bond acceptors (Lipinski definition) is 9. The predicted octanol–water partition coefficient (Wildman–Crippen LogP) is 4.20. The Bertz CT molecular complexity index is 1220. The van der Waals surface area contributed by atoms with Crippen molar-refractivity contribution in [1.82, 2.24) is 19.9 Å². The molecule has 1 aromatic carbocycles. The molecule has 2 amide bonds. The highest BCUT2D eigenvalue weighted by Crippen LogP contribution is 2.37. The minimum atomic E-state index is -0.373. The van der Waals surface area contributed by atoms with E-state index in [2.05, 4.69) is 36.2 Å². The third-order valence-electron chi connectivity index (χ3n) is 4.62. The molecular weight excluding hydrogens is 510 g/mol. The molecule has 4 rings (SSSR count). The Balaban J connectivity index is 1.41. The minimum absolute atomic E-state index is 0.0710. The first-order valence-corrected chi connectivity index (χ1v) is 11.3. The molecule has 0 saturated carbocycles. The number of aromatic hydroxyl groups is 1. The predicted molar refractivity (Wildman–Crippen MR) is 127 cm³/mol. The van der Waals surface area contributed by atoms with Crippen LogP contribution in [0.3, 0.4) is 0 Å². The van der Waals surface area contributed by atoms with Gasteiger partial charge in [-0.1, -0.05) is 22.0 Å². The van der Waals surface area contributed by atoms with E-state index in [4.69, 9.17) is 4.74 Å². The number of pyridine rings is 1. The summed E-state index contributed by atoms with van der Waals surface area (Å²) in [5.74, 6) is 0.250. The zero-order chi connectivity index (χ0) is 23.4. The molecule has 33 heavy (non-hydrogen) atoms. The molecule has 0 unspecified atom stereocenters. The van der Waals surface area contributed by atoms with Crippen molar-refractivity contribution in [2.24, 2.45) is 0 Å². The number of nitrogens with one attached hydrogen (secondary N) is 1. The summed E-state index contributed by atoms with van der Waals surface area (Å²) in [5.41, 5.74) is 2.31. The first-order chi connectivity index (χ1) is 15.9. The number of anilines is 1. The quantitative estimate of drug-likeness (QED) is 0.435. The standard InChI is InChI=1S/C22H18BrN5O4S/c1-28-20(30)19(33-22(28)31)6-15-5-18(17(29)7-16(15)23)32-12-14-10-26-21(27-11-14)25-9-13-3-2-4-24-8-13/h2-8,10-11,29H,9,12H2,1H3,(H,25,26,27)/b19-6-. The summed E-state index contributed by atoms with van der Waals surface area (Å²) in [6, 6.07) is 6.88. The van der Waals surface area contributed by atoms with E-state index >= 15 is 0 Å². The van der Waals surface area contributed by atoms with Crippen LogP contribution in [0.4, 0.5) is 10.7 Å².